The second-order valence-corrected chi connectivity index (χ2v) is 23.8. The number of hydrogen-bond acceptors (Lipinski definition) is 13. The molecule has 19 heteroatoms. The molecule has 2 saturated carbocycles. The Hall–Kier alpha value is -5.50. The molecular weight excluding hydrogens is 955 g/mol. The van der Waals surface area contributed by atoms with Gasteiger partial charge in [-0.1, -0.05) is 38.1 Å². The number of ether oxygens (including phenoxy) is 3. The van der Waals surface area contributed by atoms with Gasteiger partial charge in [-0.15, -0.1) is 11.8 Å². The predicted octanol–water partition coefficient (Wildman–Crippen LogP) is 10.9. The minimum Gasteiger partial charge on any atom is -0.491 e. The van der Waals surface area contributed by atoms with Gasteiger partial charge in [-0.05, 0) is 137 Å². The Morgan fingerprint density at radius 2 is 1.79 bits per heavy atom. The van der Waals surface area contributed by atoms with Crippen molar-refractivity contribution < 1.29 is 46.2 Å². The number of aliphatic hydroxyl groups is 1. The summed E-state index contributed by atoms with van der Waals surface area (Å²) in [5.74, 6) is -1.30. The summed E-state index contributed by atoms with van der Waals surface area (Å²) >= 11 is 1.27. The summed E-state index contributed by atoms with van der Waals surface area (Å²) in [6.45, 7) is 5.80. The first-order chi connectivity index (χ1) is 33.9. The molecule has 10 rings (SSSR count). The standard InChI is InChI=1S/C52H60F2N6O9S2/c1-31(2)38-7-4-5-8-39(38)41-9-6-20-59(41)35-28-52(29-35)17-21-58(22-18-52)34-10-11-40(43(25-34)68-45-24-33-14-19-55-47(33)56-49(45)69-50(53)54)48(61)57-71(65,66)37-26-42(60(63)64)46-44(27-37)67-30-36(70-46)23-32-12-15-51(3,62)16-13-32/h4-5,7-8,10-11,14,19,24-27,31-32,35-36,41,50,62H,6,9,12-13,15-18,20-23,28-30H2,1-3H3,(H,55,56)(H,57,61)/t32?,36-,41-,51?/m0/s1. The number of amides is 1. The maximum absolute atomic E-state index is 14.2. The molecule has 71 heavy (non-hydrogen) atoms. The number of pyridine rings is 1. The molecule has 1 amide bonds. The molecule has 0 radical (unpaired) electrons. The van der Waals surface area contributed by atoms with Gasteiger partial charge in [0.05, 0.1) is 21.0 Å². The molecule has 2 aliphatic carbocycles. The Morgan fingerprint density at radius 3 is 2.52 bits per heavy atom. The summed E-state index contributed by atoms with van der Waals surface area (Å²) in [4.78, 5) is 37.6. The predicted molar refractivity (Wildman–Crippen MR) is 265 cm³/mol. The minimum atomic E-state index is -4.78. The molecule has 2 aromatic heterocycles. The number of carbonyl (C=O) groups is 1. The van der Waals surface area contributed by atoms with Crippen molar-refractivity contribution in [2.24, 2.45) is 11.3 Å². The van der Waals surface area contributed by atoms with Crippen LogP contribution in [-0.2, 0) is 10.0 Å². The van der Waals surface area contributed by atoms with Gasteiger partial charge in [-0.2, -0.15) is 13.8 Å². The molecule has 5 heterocycles. The highest BCUT2D eigenvalue weighted by molar-refractivity contribution is 8.00. The number of aromatic nitrogens is 2. The van der Waals surface area contributed by atoms with Crippen LogP contribution in [0.25, 0.3) is 11.0 Å². The maximum atomic E-state index is 14.2. The lowest BCUT2D eigenvalue weighted by Gasteiger charge is -2.56. The van der Waals surface area contributed by atoms with E-state index in [1.807, 2.05) is 6.92 Å². The third-order valence-corrected chi connectivity index (χ3v) is 18.2. The van der Waals surface area contributed by atoms with E-state index in [0.717, 1.165) is 57.6 Å². The number of nitro groups is 1. The van der Waals surface area contributed by atoms with E-state index >= 15 is 0 Å². The van der Waals surface area contributed by atoms with E-state index in [9.17, 15) is 37.2 Å². The number of anilines is 1. The number of carbonyl (C=O) groups excluding carboxylic acids is 1. The van der Waals surface area contributed by atoms with Crippen molar-refractivity contribution in [3.05, 3.63) is 99.7 Å². The van der Waals surface area contributed by atoms with Crippen LogP contribution in [0.4, 0.5) is 20.2 Å². The van der Waals surface area contributed by atoms with E-state index in [0.29, 0.717) is 67.3 Å². The van der Waals surface area contributed by atoms with E-state index in [1.54, 1.807) is 24.4 Å². The Labute approximate surface area is 416 Å². The number of benzene rings is 3. The zero-order valence-corrected chi connectivity index (χ0v) is 41.7. The van der Waals surface area contributed by atoms with Gasteiger partial charge < -0.3 is 29.2 Å². The van der Waals surface area contributed by atoms with Crippen molar-refractivity contribution in [1.29, 1.82) is 0 Å². The van der Waals surface area contributed by atoms with Crippen molar-refractivity contribution in [3.63, 3.8) is 0 Å². The number of nitrogens with one attached hydrogen (secondary N) is 2. The second kappa shape index (κ2) is 19.5. The smallest absolute Gasteiger partial charge is 0.388 e. The summed E-state index contributed by atoms with van der Waals surface area (Å²) in [5, 5.41) is 23.2. The minimum absolute atomic E-state index is 0.0146. The highest BCUT2D eigenvalue weighted by Crippen LogP contribution is 2.55. The van der Waals surface area contributed by atoms with Crippen LogP contribution in [-0.4, -0.2) is 89.0 Å². The van der Waals surface area contributed by atoms with Gasteiger partial charge in [0.1, 0.15) is 28.6 Å². The number of alkyl halides is 2. The number of hydrogen-bond donors (Lipinski definition) is 3. The molecule has 4 fully saturated rings. The number of fused-ring (bicyclic) bond motifs is 2. The van der Waals surface area contributed by atoms with E-state index in [-0.39, 0.29) is 50.6 Å². The van der Waals surface area contributed by atoms with Crippen LogP contribution in [0.2, 0.25) is 0 Å². The van der Waals surface area contributed by atoms with Gasteiger partial charge in [0, 0.05) is 65.9 Å². The zero-order chi connectivity index (χ0) is 49.8. The molecule has 3 aromatic carbocycles. The van der Waals surface area contributed by atoms with Gasteiger partial charge in [0.15, 0.2) is 5.75 Å². The van der Waals surface area contributed by atoms with Crippen LogP contribution in [0.1, 0.15) is 125 Å². The number of rotatable bonds is 14. The van der Waals surface area contributed by atoms with Gasteiger partial charge in [-0.3, -0.25) is 19.8 Å². The first kappa shape index (κ1) is 49.1. The SMILES string of the molecule is CC(C)c1ccccc1[C@@H]1CCCN1C1CC2(CCN(c3ccc(C(=O)NS(=O)(=O)c4cc5c(c([N+](=O)[O-])c4)S[C@@H](CC4CCC(C)(O)CC4)CO5)c(Oc4cc5cc[nH]c5nc4OC(F)F)c3)CC2)C1. The van der Waals surface area contributed by atoms with Gasteiger partial charge in [0.2, 0.25) is 0 Å². The summed E-state index contributed by atoms with van der Waals surface area (Å²) in [6, 6.07) is 19.7. The second-order valence-electron chi connectivity index (χ2n) is 20.8. The van der Waals surface area contributed by atoms with E-state index in [1.165, 1.54) is 47.5 Å². The molecule has 5 aromatic rings. The van der Waals surface area contributed by atoms with Crippen LogP contribution in [0.5, 0.6) is 23.1 Å². The zero-order valence-electron chi connectivity index (χ0n) is 40.1. The molecular formula is C52H60F2N6O9S2. The third-order valence-electron chi connectivity index (χ3n) is 15.6. The highest BCUT2D eigenvalue weighted by atomic mass is 32.2. The molecule has 5 aliphatic rings. The largest absolute Gasteiger partial charge is 0.491 e. The summed E-state index contributed by atoms with van der Waals surface area (Å²) in [7, 11) is -4.78. The van der Waals surface area contributed by atoms with Crippen LogP contribution in [0, 0.1) is 21.4 Å². The van der Waals surface area contributed by atoms with Crippen LogP contribution in [0.15, 0.2) is 82.7 Å². The van der Waals surface area contributed by atoms with Gasteiger partial charge in [0.25, 0.3) is 27.5 Å². The number of nitro benzene ring substituents is 1. The van der Waals surface area contributed by atoms with Crippen LogP contribution < -0.4 is 23.8 Å². The first-order valence-electron chi connectivity index (χ1n) is 24.7. The lowest BCUT2D eigenvalue weighted by atomic mass is 9.59. The van der Waals surface area contributed by atoms with Crippen LogP contribution in [0.3, 0.4) is 0 Å². The quantitative estimate of drug-likeness (QED) is 0.0704. The monoisotopic (exact) mass is 1010 g/mol. The number of nitrogens with zero attached hydrogens (tertiary/aromatic N) is 4. The molecule has 3 N–H and O–H groups in total. The Kier molecular flexibility index (Phi) is 13.5. The van der Waals surface area contributed by atoms with Crippen molar-refractivity contribution in [2.45, 2.75) is 137 Å². The van der Waals surface area contributed by atoms with Crippen LogP contribution >= 0.6 is 11.8 Å². The van der Waals surface area contributed by atoms with E-state index < -0.39 is 49.5 Å². The maximum Gasteiger partial charge on any atom is 0.388 e. The number of piperidine rings is 1. The van der Waals surface area contributed by atoms with Crippen molar-refractivity contribution in [3.8, 4) is 23.1 Å². The van der Waals surface area contributed by atoms with Crippen molar-refractivity contribution >= 4 is 50.1 Å². The van der Waals surface area contributed by atoms with Crippen molar-refractivity contribution in [2.75, 3.05) is 31.1 Å². The Morgan fingerprint density at radius 1 is 1.03 bits per heavy atom. The number of H-pyrrole nitrogens is 1. The molecule has 1 spiro atoms. The van der Waals surface area contributed by atoms with Gasteiger partial charge in [-0.25, -0.2) is 13.1 Å². The average molecular weight is 1020 g/mol. The van der Waals surface area contributed by atoms with E-state index in [2.05, 4.69) is 62.6 Å². The van der Waals surface area contributed by atoms with E-state index in [4.69, 9.17) is 14.2 Å². The molecule has 2 saturated heterocycles. The fourth-order valence-corrected chi connectivity index (χ4v) is 14.1. The molecule has 0 unspecified atom stereocenters. The summed E-state index contributed by atoms with van der Waals surface area (Å²) in [5.41, 5.74) is 2.58. The van der Waals surface area contributed by atoms with Crippen molar-refractivity contribution in [1.82, 2.24) is 19.6 Å². The molecule has 15 nitrogen and oxygen atoms in total. The molecule has 3 aliphatic heterocycles. The summed E-state index contributed by atoms with van der Waals surface area (Å²) in [6.07, 6.45) is 11.7. The number of halogens is 2. The first-order valence-corrected chi connectivity index (χ1v) is 27.1. The summed E-state index contributed by atoms with van der Waals surface area (Å²) < 4.78 is 74.7. The third kappa shape index (κ3) is 10.3. The lowest BCUT2D eigenvalue weighted by Crippen LogP contribution is -2.54. The number of aromatic amines is 1. The number of sulfonamides is 1. The van der Waals surface area contributed by atoms with Gasteiger partial charge >= 0.3 is 6.61 Å². The Bertz CT molecular complexity index is 2930. The fourth-order valence-electron chi connectivity index (χ4n) is 11.7. The average Bonchev–Trinajstić information content (AvgIpc) is 4.01. The fraction of sp³-hybridized carbons (Fsp3) is 0.500. The Balaban J connectivity index is 0.878. The topological polar surface area (TPSA) is 189 Å². The highest BCUT2D eigenvalue weighted by Gasteiger charge is 2.50. The normalized spacial score (nSPS) is 23.7. The molecule has 2 atom stereocenters. The lowest BCUT2D eigenvalue weighted by molar-refractivity contribution is -0.388. The number of likely N-dealkylation sites (tertiary alicyclic amines) is 1. The molecule has 378 valence electrons. The molecule has 0 bridgehead atoms. The number of thioether (sulfide) groups is 1.